The smallest absolute Gasteiger partial charge is 0.265 e. The van der Waals surface area contributed by atoms with E-state index in [1.165, 1.54) is 0 Å². The normalized spacial score (nSPS) is 11.9. The van der Waals surface area contributed by atoms with Gasteiger partial charge in [-0.3, -0.25) is 4.79 Å². The van der Waals surface area contributed by atoms with Crippen LogP contribution < -0.4 is 10.1 Å². The van der Waals surface area contributed by atoms with Gasteiger partial charge >= 0.3 is 0 Å². The van der Waals surface area contributed by atoms with Crippen molar-refractivity contribution in [3.8, 4) is 17.1 Å². The Morgan fingerprint density at radius 3 is 2.56 bits per heavy atom. The van der Waals surface area contributed by atoms with Gasteiger partial charge in [-0.25, -0.2) is 0 Å². The quantitative estimate of drug-likeness (QED) is 0.687. The lowest BCUT2D eigenvalue weighted by Gasteiger charge is -2.17. The average molecular weight is 386 g/mol. The van der Waals surface area contributed by atoms with E-state index in [0.29, 0.717) is 28.2 Å². The van der Waals surface area contributed by atoms with Crippen molar-refractivity contribution in [2.75, 3.05) is 5.32 Å². The molecule has 3 rings (SSSR count). The van der Waals surface area contributed by atoms with E-state index in [2.05, 4.69) is 15.5 Å². The van der Waals surface area contributed by atoms with Crippen LogP contribution in [-0.4, -0.2) is 22.2 Å². The Morgan fingerprint density at radius 2 is 1.93 bits per heavy atom. The molecule has 1 aromatic heterocycles. The standard InChI is InChI=1S/C20H20ClN3O3/c1-11-9-15(19-22-14(4)27-24-19)5-7-17(11)23-20(25)13(3)26-18-8-6-16(21)10-12(18)2/h5-10,13H,1-4H3,(H,23,25)/t13-/m1/s1. The van der Waals surface area contributed by atoms with Crippen LogP contribution in [0, 0.1) is 20.8 Å². The number of carbonyl (C=O) groups is 1. The van der Waals surface area contributed by atoms with Crippen molar-refractivity contribution in [1.29, 1.82) is 0 Å². The highest BCUT2D eigenvalue weighted by atomic mass is 35.5. The van der Waals surface area contributed by atoms with Gasteiger partial charge in [0.05, 0.1) is 0 Å². The first kappa shape index (κ1) is 18.9. The number of hydrogen-bond acceptors (Lipinski definition) is 5. The predicted octanol–water partition coefficient (Wildman–Crippen LogP) is 4.72. The minimum absolute atomic E-state index is 0.240. The molecule has 3 aromatic rings. The maximum absolute atomic E-state index is 12.5. The van der Waals surface area contributed by atoms with Crippen molar-refractivity contribution in [2.45, 2.75) is 33.8 Å². The number of anilines is 1. The predicted molar refractivity (Wildman–Crippen MR) is 104 cm³/mol. The first-order valence-corrected chi connectivity index (χ1v) is 8.86. The Hall–Kier alpha value is -2.86. The molecule has 0 aliphatic rings. The number of halogens is 1. The molecule has 6 nitrogen and oxygen atoms in total. The number of amides is 1. The Kier molecular flexibility index (Phi) is 5.46. The average Bonchev–Trinajstić information content (AvgIpc) is 3.05. The van der Waals surface area contributed by atoms with Gasteiger partial charge in [-0.2, -0.15) is 4.98 Å². The number of benzene rings is 2. The maximum atomic E-state index is 12.5. The summed E-state index contributed by atoms with van der Waals surface area (Å²) < 4.78 is 10.8. The van der Waals surface area contributed by atoms with E-state index < -0.39 is 6.10 Å². The van der Waals surface area contributed by atoms with Crippen LogP contribution in [0.1, 0.15) is 23.9 Å². The highest BCUT2D eigenvalue weighted by Gasteiger charge is 2.17. The molecule has 0 bridgehead atoms. The summed E-state index contributed by atoms with van der Waals surface area (Å²) in [6.45, 7) is 7.23. The second kappa shape index (κ2) is 7.80. The molecule has 0 spiro atoms. The molecule has 1 amide bonds. The lowest BCUT2D eigenvalue weighted by Crippen LogP contribution is -2.30. The molecule has 1 atom stereocenters. The van der Waals surface area contributed by atoms with Crippen molar-refractivity contribution in [2.24, 2.45) is 0 Å². The molecule has 0 saturated heterocycles. The molecule has 1 N–H and O–H groups in total. The number of nitrogens with one attached hydrogen (secondary N) is 1. The Bertz CT molecular complexity index is 984. The first-order valence-electron chi connectivity index (χ1n) is 8.48. The van der Waals surface area contributed by atoms with E-state index >= 15 is 0 Å². The Balaban J connectivity index is 1.69. The van der Waals surface area contributed by atoms with Crippen molar-refractivity contribution in [3.05, 3.63) is 58.4 Å². The summed E-state index contributed by atoms with van der Waals surface area (Å²) in [4.78, 5) is 16.7. The zero-order valence-corrected chi connectivity index (χ0v) is 16.3. The van der Waals surface area contributed by atoms with E-state index in [1.807, 2.05) is 32.0 Å². The third kappa shape index (κ3) is 4.46. The van der Waals surface area contributed by atoms with Gasteiger partial charge in [0.15, 0.2) is 6.10 Å². The van der Waals surface area contributed by atoms with Gasteiger partial charge in [0.1, 0.15) is 5.75 Å². The van der Waals surface area contributed by atoms with Gasteiger partial charge in [-0.05, 0) is 68.3 Å². The molecular weight excluding hydrogens is 366 g/mol. The van der Waals surface area contributed by atoms with Crippen LogP contribution in [0.15, 0.2) is 40.9 Å². The van der Waals surface area contributed by atoms with Gasteiger partial charge in [-0.15, -0.1) is 0 Å². The third-order valence-corrected chi connectivity index (χ3v) is 4.32. The van der Waals surface area contributed by atoms with Crippen molar-refractivity contribution in [1.82, 2.24) is 10.1 Å². The van der Waals surface area contributed by atoms with Crippen LogP contribution >= 0.6 is 11.6 Å². The molecule has 0 fully saturated rings. The van der Waals surface area contributed by atoms with E-state index in [-0.39, 0.29) is 5.91 Å². The summed E-state index contributed by atoms with van der Waals surface area (Å²) in [7, 11) is 0. The number of aryl methyl sites for hydroxylation is 3. The number of hydrogen-bond donors (Lipinski definition) is 1. The van der Waals surface area contributed by atoms with Gasteiger partial charge in [0, 0.05) is 23.2 Å². The second-order valence-corrected chi connectivity index (χ2v) is 6.76. The topological polar surface area (TPSA) is 77.2 Å². The van der Waals surface area contributed by atoms with Crippen LogP contribution in [-0.2, 0) is 4.79 Å². The molecule has 0 radical (unpaired) electrons. The van der Waals surface area contributed by atoms with Crippen LogP contribution in [0.2, 0.25) is 5.02 Å². The van der Waals surface area contributed by atoms with Crippen LogP contribution in [0.3, 0.4) is 0 Å². The monoisotopic (exact) mass is 385 g/mol. The van der Waals surface area contributed by atoms with Crippen LogP contribution in [0.5, 0.6) is 5.75 Å². The molecule has 0 aliphatic heterocycles. The third-order valence-electron chi connectivity index (χ3n) is 4.08. The molecule has 0 aliphatic carbocycles. The number of ether oxygens (including phenoxy) is 1. The Morgan fingerprint density at radius 1 is 1.15 bits per heavy atom. The fraction of sp³-hybridized carbons (Fsp3) is 0.250. The molecule has 7 heteroatoms. The fourth-order valence-corrected chi connectivity index (χ4v) is 2.81. The van der Waals surface area contributed by atoms with E-state index in [1.54, 1.807) is 32.0 Å². The van der Waals surface area contributed by atoms with E-state index in [9.17, 15) is 4.79 Å². The highest BCUT2D eigenvalue weighted by Crippen LogP contribution is 2.25. The molecule has 0 unspecified atom stereocenters. The summed E-state index contributed by atoms with van der Waals surface area (Å²) in [5.74, 6) is 1.41. The zero-order valence-electron chi connectivity index (χ0n) is 15.5. The lowest BCUT2D eigenvalue weighted by molar-refractivity contribution is -0.122. The molecule has 1 heterocycles. The largest absolute Gasteiger partial charge is 0.481 e. The molecular formula is C20H20ClN3O3. The van der Waals surface area contributed by atoms with Crippen molar-refractivity contribution < 1.29 is 14.1 Å². The van der Waals surface area contributed by atoms with Crippen molar-refractivity contribution in [3.63, 3.8) is 0 Å². The summed E-state index contributed by atoms with van der Waals surface area (Å²) in [5, 5.41) is 7.42. The number of nitrogens with zero attached hydrogens (tertiary/aromatic N) is 2. The van der Waals surface area contributed by atoms with Gasteiger partial charge < -0.3 is 14.6 Å². The number of aromatic nitrogens is 2. The minimum Gasteiger partial charge on any atom is -0.481 e. The molecule has 27 heavy (non-hydrogen) atoms. The summed E-state index contributed by atoms with van der Waals surface area (Å²) >= 11 is 5.95. The van der Waals surface area contributed by atoms with E-state index in [4.69, 9.17) is 20.9 Å². The summed E-state index contributed by atoms with van der Waals surface area (Å²) in [6, 6.07) is 10.8. The SMILES string of the molecule is Cc1nc(-c2ccc(NC(=O)[C@@H](C)Oc3ccc(Cl)cc3C)c(C)c2)no1. The molecule has 2 aromatic carbocycles. The summed E-state index contributed by atoms with van der Waals surface area (Å²) in [6.07, 6.45) is -0.663. The number of rotatable bonds is 5. The second-order valence-electron chi connectivity index (χ2n) is 6.33. The molecule has 0 saturated carbocycles. The zero-order chi connectivity index (χ0) is 19.6. The fourth-order valence-electron chi connectivity index (χ4n) is 2.58. The first-order chi connectivity index (χ1) is 12.8. The Labute approximate surface area is 162 Å². The van der Waals surface area contributed by atoms with Gasteiger partial charge in [-0.1, -0.05) is 16.8 Å². The lowest BCUT2D eigenvalue weighted by atomic mass is 10.1. The molecule has 140 valence electrons. The summed E-state index contributed by atoms with van der Waals surface area (Å²) in [5.41, 5.74) is 3.28. The minimum atomic E-state index is -0.663. The highest BCUT2D eigenvalue weighted by molar-refractivity contribution is 6.30. The maximum Gasteiger partial charge on any atom is 0.265 e. The number of carbonyl (C=O) groups excluding carboxylic acids is 1. The van der Waals surface area contributed by atoms with Gasteiger partial charge in [0.2, 0.25) is 11.7 Å². The van der Waals surface area contributed by atoms with Gasteiger partial charge in [0.25, 0.3) is 5.91 Å². The van der Waals surface area contributed by atoms with Crippen LogP contribution in [0.25, 0.3) is 11.4 Å². The van der Waals surface area contributed by atoms with E-state index in [0.717, 1.165) is 16.7 Å². The van der Waals surface area contributed by atoms with Crippen molar-refractivity contribution >= 4 is 23.2 Å². The van der Waals surface area contributed by atoms with Crippen LogP contribution in [0.4, 0.5) is 5.69 Å².